The van der Waals surface area contributed by atoms with Crippen LogP contribution in [0.25, 0.3) is 0 Å². The third kappa shape index (κ3) is 3.05. The second-order valence-corrected chi connectivity index (χ2v) is 7.97. The number of ether oxygens (including phenoxy) is 1. The fourth-order valence-electron chi connectivity index (χ4n) is 4.46. The van der Waals surface area contributed by atoms with Crippen LogP contribution in [-0.4, -0.2) is 48.7 Å². The Labute approximate surface area is 135 Å². The van der Waals surface area contributed by atoms with Crippen LogP contribution in [-0.2, 0) is 9.53 Å². The molecular formula is C18H32N2O2. The van der Waals surface area contributed by atoms with E-state index in [2.05, 4.69) is 31.0 Å². The molecule has 0 bridgehead atoms. The van der Waals surface area contributed by atoms with Crippen molar-refractivity contribution < 1.29 is 9.53 Å². The van der Waals surface area contributed by atoms with Crippen LogP contribution in [0.15, 0.2) is 0 Å². The molecule has 3 aliphatic rings. The van der Waals surface area contributed by atoms with E-state index in [1.165, 1.54) is 12.8 Å². The fourth-order valence-corrected chi connectivity index (χ4v) is 4.46. The van der Waals surface area contributed by atoms with Crippen LogP contribution in [0.1, 0.15) is 59.3 Å². The molecule has 1 heterocycles. The molecule has 126 valence electrons. The van der Waals surface area contributed by atoms with Crippen molar-refractivity contribution in [2.24, 2.45) is 11.3 Å². The number of hydrogen-bond acceptors (Lipinski definition) is 3. The summed E-state index contributed by atoms with van der Waals surface area (Å²) < 4.78 is 5.81. The lowest BCUT2D eigenvalue weighted by Gasteiger charge is -2.52. The van der Waals surface area contributed by atoms with Gasteiger partial charge in [0, 0.05) is 43.1 Å². The van der Waals surface area contributed by atoms with Crippen molar-refractivity contribution in [3.8, 4) is 0 Å². The van der Waals surface area contributed by atoms with Crippen molar-refractivity contribution in [2.45, 2.75) is 77.5 Å². The smallest absolute Gasteiger partial charge is 0.225 e. The van der Waals surface area contributed by atoms with Gasteiger partial charge in [0.25, 0.3) is 0 Å². The van der Waals surface area contributed by atoms with Gasteiger partial charge >= 0.3 is 0 Å². The Morgan fingerprint density at radius 1 is 1.27 bits per heavy atom. The van der Waals surface area contributed by atoms with E-state index in [1.807, 2.05) is 0 Å². The molecule has 3 fully saturated rings. The molecule has 22 heavy (non-hydrogen) atoms. The second kappa shape index (κ2) is 6.48. The van der Waals surface area contributed by atoms with E-state index in [1.54, 1.807) is 0 Å². The van der Waals surface area contributed by atoms with Gasteiger partial charge in [0.05, 0.1) is 6.10 Å². The van der Waals surface area contributed by atoms with Crippen molar-refractivity contribution in [1.29, 1.82) is 0 Å². The summed E-state index contributed by atoms with van der Waals surface area (Å²) in [4.78, 5) is 14.6. The maximum atomic E-state index is 12.5. The van der Waals surface area contributed by atoms with Gasteiger partial charge in [-0.1, -0.05) is 26.7 Å². The molecular weight excluding hydrogens is 276 g/mol. The number of likely N-dealkylation sites (tertiary alicyclic amines) is 1. The minimum absolute atomic E-state index is 0.207. The molecule has 1 N–H and O–H groups in total. The van der Waals surface area contributed by atoms with Crippen molar-refractivity contribution in [2.75, 3.05) is 19.7 Å². The van der Waals surface area contributed by atoms with Crippen LogP contribution >= 0.6 is 0 Å². The predicted octanol–water partition coefficient (Wildman–Crippen LogP) is 2.57. The largest absolute Gasteiger partial charge is 0.378 e. The number of amides is 1. The van der Waals surface area contributed by atoms with Gasteiger partial charge in [-0.05, 0) is 32.6 Å². The Balaban J connectivity index is 1.46. The molecule has 0 spiro atoms. The zero-order valence-corrected chi connectivity index (χ0v) is 14.4. The minimum Gasteiger partial charge on any atom is -0.378 e. The van der Waals surface area contributed by atoms with Gasteiger partial charge in [0.15, 0.2) is 0 Å². The van der Waals surface area contributed by atoms with Gasteiger partial charge in [-0.25, -0.2) is 0 Å². The van der Waals surface area contributed by atoms with Gasteiger partial charge < -0.3 is 15.0 Å². The molecule has 1 amide bonds. The summed E-state index contributed by atoms with van der Waals surface area (Å²) in [7, 11) is 0. The predicted molar refractivity (Wildman–Crippen MR) is 87.7 cm³/mol. The van der Waals surface area contributed by atoms with Crippen LogP contribution in [0.3, 0.4) is 0 Å². The van der Waals surface area contributed by atoms with E-state index in [-0.39, 0.29) is 5.41 Å². The highest BCUT2D eigenvalue weighted by molar-refractivity contribution is 5.79. The highest BCUT2D eigenvalue weighted by Crippen LogP contribution is 2.43. The first-order valence-corrected chi connectivity index (χ1v) is 9.18. The molecule has 3 unspecified atom stereocenters. The Morgan fingerprint density at radius 2 is 2.00 bits per heavy atom. The molecule has 0 radical (unpaired) electrons. The summed E-state index contributed by atoms with van der Waals surface area (Å²) in [5.41, 5.74) is 0.207. The van der Waals surface area contributed by atoms with E-state index in [4.69, 9.17) is 4.74 Å². The molecule has 4 nitrogen and oxygen atoms in total. The molecule has 0 aromatic heterocycles. The zero-order valence-electron chi connectivity index (χ0n) is 14.4. The number of nitrogens with one attached hydrogen (secondary N) is 1. The van der Waals surface area contributed by atoms with Crippen molar-refractivity contribution >= 4 is 5.91 Å². The lowest BCUT2D eigenvalue weighted by Crippen LogP contribution is -2.63. The number of carbonyl (C=O) groups excluding carboxylic acids is 1. The van der Waals surface area contributed by atoms with Gasteiger partial charge in [-0.3, -0.25) is 4.79 Å². The summed E-state index contributed by atoms with van der Waals surface area (Å²) in [5, 5.41) is 3.80. The molecule has 2 aliphatic carbocycles. The average molecular weight is 308 g/mol. The first kappa shape index (κ1) is 16.3. The number of rotatable bonds is 5. The minimum atomic E-state index is 0.207. The summed E-state index contributed by atoms with van der Waals surface area (Å²) >= 11 is 0. The van der Waals surface area contributed by atoms with Crippen molar-refractivity contribution in [1.82, 2.24) is 10.2 Å². The second-order valence-electron chi connectivity index (χ2n) is 7.97. The molecule has 1 aliphatic heterocycles. The Kier molecular flexibility index (Phi) is 4.79. The first-order valence-electron chi connectivity index (χ1n) is 9.18. The fraction of sp³-hybridized carbons (Fsp3) is 0.944. The van der Waals surface area contributed by atoms with E-state index in [9.17, 15) is 4.79 Å². The SMILES string of the molecule is CCOC1CC(NC2CCN(C(=O)C3CCCC3)C2)C1(C)C. The number of nitrogens with zero attached hydrogens (tertiary/aromatic N) is 1. The van der Waals surface area contributed by atoms with Crippen LogP contribution in [0.5, 0.6) is 0 Å². The standard InChI is InChI=1S/C18H32N2O2/c1-4-22-16-11-15(18(16,2)3)19-14-9-10-20(12-14)17(21)13-7-5-6-8-13/h13-16,19H,4-12H2,1-3H3. The summed E-state index contributed by atoms with van der Waals surface area (Å²) in [6.45, 7) is 9.31. The number of hydrogen-bond donors (Lipinski definition) is 1. The summed E-state index contributed by atoms with van der Waals surface area (Å²) in [6, 6.07) is 0.993. The van der Waals surface area contributed by atoms with Crippen LogP contribution in [0.4, 0.5) is 0 Å². The van der Waals surface area contributed by atoms with Gasteiger partial charge in [-0.15, -0.1) is 0 Å². The third-order valence-electron chi connectivity index (χ3n) is 6.19. The number of carbonyl (C=O) groups is 1. The molecule has 1 saturated heterocycles. The molecule has 3 atom stereocenters. The van der Waals surface area contributed by atoms with E-state index in [0.717, 1.165) is 45.4 Å². The van der Waals surface area contributed by atoms with Crippen molar-refractivity contribution in [3.05, 3.63) is 0 Å². The van der Waals surface area contributed by atoms with E-state index in [0.29, 0.717) is 30.0 Å². The quantitative estimate of drug-likeness (QED) is 0.849. The third-order valence-corrected chi connectivity index (χ3v) is 6.19. The molecule has 3 rings (SSSR count). The lowest BCUT2D eigenvalue weighted by atomic mass is 9.64. The highest BCUT2D eigenvalue weighted by atomic mass is 16.5. The van der Waals surface area contributed by atoms with Crippen molar-refractivity contribution in [3.63, 3.8) is 0 Å². The molecule has 0 aromatic carbocycles. The molecule has 0 aromatic rings. The van der Waals surface area contributed by atoms with E-state index >= 15 is 0 Å². The Bertz CT molecular complexity index is 404. The maximum absolute atomic E-state index is 12.5. The maximum Gasteiger partial charge on any atom is 0.225 e. The van der Waals surface area contributed by atoms with Crippen LogP contribution < -0.4 is 5.32 Å². The lowest BCUT2D eigenvalue weighted by molar-refractivity contribution is -0.134. The monoisotopic (exact) mass is 308 g/mol. The summed E-state index contributed by atoms with van der Waals surface area (Å²) in [5.74, 6) is 0.739. The van der Waals surface area contributed by atoms with Gasteiger partial charge in [-0.2, -0.15) is 0 Å². The summed E-state index contributed by atoms with van der Waals surface area (Å²) in [6.07, 6.45) is 7.28. The van der Waals surface area contributed by atoms with Gasteiger partial charge in [0.1, 0.15) is 0 Å². The Hall–Kier alpha value is -0.610. The van der Waals surface area contributed by atoms with Gasteiger partial charge in [0.2, 0.25) is 5.91 Å². The Morgan fingerprint density at radius 3 is 2.64 bits per heavy atom. The van der Waals surface area contributed by atoms with E-state index < -0.39 is 0 Å². The van der Waals surface area contributed by atoms with Crippen LogP contribution in [0.2, 0.25) is 0 Å². The average Bonchev–Trinajstić information content (AvgIpc) is 3.17. The molecule has 4 heteroatoms. The normalized spacial score (nSPS) is 34.9. The van der Waals surface area contributed by atoms with Crippen LogP contribution in [0, 0.1) is 11.3 Å². The topological polar surface area (TPSA) is 41.6 Å². The zero-order chi connectivity index (χ0) is 15.7. The first-order chi connectivity index (χ1) is 10.5. The molecule has 2 saturated carbocycles. The highest BCUT2D eigenvalue weighted by Gasteiger charge is 2.49.